The first-order chi connectivity index (χ1) is 16.7. The minimum absolute atomic E-state index is 0.0146. The van der Waals surface area contributed by atoms with Gasteiger partial charge in [0.1, 0.15) is 11.3 Å². The molecule has 2 unspecified atom stereocenters. The largest absolute Gasteiger partial charge is 0.508 e. The van der Waals surface area contributed by atoms with E-state index in [0.717, 1.165) is 6.07 Å². The Labute approximate surface area is 200 Å². The topological polar surface area (TPSA) is 89.4 Å². The zero-order valence-electron chi connectivity index (χ0n) is 18.8. The number of amides is 1. The number of aryl methyl sites for hydroxylation is 1. The van der Waals surface area contributed by atoms with Crippen LogP contribution in [0.15, 0.2) is 77.2 Å². The van der Waals surface area contributed by atoms with E-state index in [9.17, 15) is 23.1 Å². The van der Waals surface area contributed by atoms with Crippen molar-refractivity contribution in [3.05, 3.63) is 95.4 Å². The van der Waals surface area contributed by atoms with Crippen LogP contribution in [-0.4, -0.2) is 16.0 Å². The van der Waals surface area contributed by atoms with Crippen molar-refractivity contribution in [2.24, 2.45) is 11.7 Å². The van der Waals surface area contributed by atoms with E-state index < -0.39 is 29.5 Å². The molecule has 2 atom stereocenters. The highest BCUT2D eigenvalue weighted by Crippen LogP contribution is 2.36. The van der Waals surface area contributed by atoms with Crippen LogP contribution < -0.4 is 5.73 Å². The first-order valence-electron chi connectivity index (χ1n) is 11.3. The van der Waals surface area contributed by atoms with Crippen LogP contribution in [0.25, 0.3) is 11.1 Å². The number of aromatic nitrogens is 1. The second kappa shape index (κ2) is 10.2. The molecule has 3 aromatic carbocycles. The Morgan fingerprint density at radius 1 is 0.971 bits per heavy atom. The van der Waals surface area contributed by atoms with Gasteiger partial charge in [0, 0.05) is 11.8 Å². The van der Waals surface area contributed by atoms with Gasteiger partial charge in [0.05, 0.1) is 5.56 Å². The van der Waals surface area contributed by atoms with Gasteiger partial charge in [-0.2, -0.15) is 13.2 Å². The fraction of sp³-hybridized carbons (Fsp3) is 0.259. The molecule has 1 aromatic heterocycles. The molecule has 1 heterocycles. The first-order valence-corrected chi connectivity index (χ1v) is 11.3. The number of alkyl halides is 3. The van der Waals surface area contributed by atoms with Crippen LogP contribution in [0, 0.1) is 5.92 Å². The minimum atomic E-state index is -4.54. The van der Waals surface area contributed by atoms with Crippen molar-refractivity contribution in [3.8, 4) is 5.75 Å². The number of fused-ring (bicyclic) bond motifs is 1. The third kappa shape index (κ3) is 5.82. The quantitative estimate of drug-likeness (QED) is 0.306. The van der Waals surface area contributed by atoms with E-state index in [1.165, 1.54) is 18.2 Å². The first kappa shape index (κ1) is 24.3. The molecule has 0 saturated carbocycles. The molecule has 1 amide bonds. The number of para-hydroxylation sites is 3. The molecule has 0 spiro atoms. The molecular weight excluding hydrogens is 457 g/mol. The zero-order valence-corrected chi connectivity index (χ0v) is 18.8. The summed E-state index contributed by atoms with van der Waals surface area (Å²) in [6.07, 6.45) is -3.63. The zero-order chi connectivity index (χ0) is 25.0. The molecule has 8 heteroatoms. The molecule has 0 saturated heterocycles. The number of rotatable bonds is 9. The standard InChI is InChI=1S/C27H25F3N2O3/c28-27(29,30)21-9-3-1-8-18(21)15-20(25(31)34)16-19(14-13-17-7-2-5-11-23(17)33)26-32-22-10-4-6-12-24(22)35-26/h1-12,19-20,33H,13-16H2,(H2,31,34). The molecule has 4 aromatic rings. The van der Waals surface area contributed by atoms with Crippen molar-refractivity contribution >= 4 is 17.0 Å². The van der Waals surface area contributed by atoms with Crippen molar-refractivity contribution in [1.29, 1.82) is 0 Å². The van der Waals surface area contributed by atoms with Gasteiger partial charge in [0.15, 0.2) is 11.5 Å². The molecule has 182 valence electrons. The average Bonchev–Trinajstić information content (AvgIpc) is 3.25. The highest BCUT2D eigenvalue weighted by molar-refractivity contribution is 5.77. The predicted molar refractivity (Wildman–Crippen MR) is 126 cm³/mol. The van der Waals surface area contributed by atoms with Crippen molar-refractivity contribution in [3.63, 3.8) is 0 Å². The number of oxazole rings is 1. The number of nitrogens with zero attached hydrogens (tertiary/aromatic N) is 1. The summed E-state index contributed by atoms with van der Waals surface area (Å²) in [5.74, 6) is -1.43. The maximum Gasteiger partial charge on any atom is 0.416 e. The van der Waals surface area contributed by atoms with Crippen molar-refractivity contribution in [2.45, 2.75) is 37.8 Å². The second-order valence-corrected chi connectivity index (χ2v) is 8.58. The number of phenolic OH excluding ortho intramolecular Hbond substituents is 1. The van der Waals surface area contributed by atoms with E-state index in [1.807, 2.05) is 18.2 Å². The molecule has 0 radical (unpaired) electrons. The summed E-state index contributed by atoms with van der Waals surface area (Å²) in [6.45, 7) is 0. The average molecular weight is 483 g/mol. The smallest absolute Gasteiger partial charge is 0.416 e. The molecule has 0 fully saturated rings. The van der Waals surface area contributed by atoms with Gasteiger partial charge in [-0.05, 0) is 61.1 Å². The fourth-order valence-corrected chi connectivity index (χ4v) is 4.34. The third-order valence-electron chi connectivity index (χ3n) is 6.17. The number of hydrogen-bond acceptors (Lipinski definition) is 4. The molecular formula is C27H25F3N2O3. The summed E-state index contributed by atoms with van der Waals surface area (Å²) in [4.78, 5) is 16.9. The molecule has 3 N–H and O–H groups in total. The SMILES string of the molecule is NC(=O)C(Cc1ccccc1C(F)(F)F)CC(CCc1ccccc1O)c1nc2ccccc2o1. The number of nitrogens with two attached hydrogens (primary N) is 1. The Kier molecular flexibility index (Phi) is 7.10. The lowest BCUT2D eigenvalue weighted by Gasteiger charge is -2.21. The van der Waals surface area contributed by atoms with Crippen LogP contribution in [0.5, 0.6) is 5.75 Å². The van der Waals surface area contributed by atoms with Crippen molar-refractivity contribution in [2.75, 3.05) is 0 Å². The van der Waals surface area contributed by atoms with Gasteiger partial charge in [-0.3, -0.25) is 4.79 Å². The van der Waals surface area contributed by atoms with Crippen LogP contribution in [0.4, 0.5) is 13.2 Å². The van der Waals surface area contributed by atoms with Crippen LogP contribution in [0.2, 0.25) is 0 Å². The number of aromatic hydroxyl groups is 1. The number of hydrogen-bond donors (Lipinski definition) is 2. The maximum absolute atomic E-state index is 13.5. The summed E-state index contributed by atoms with van der Waals surface area (Å²) >= 11 is 0. The summed E-state index contributed by atoms with van der Waals surface area (Å²) in [6, 6.07) is 19.3. The lowest BCUT2D eigenvalue weighted by molar-refractivity contribution is -0.138. The minimum Gasteiger partial charge on any atom is -0.508 e. The summed E-state index contributed by atoms with van der Waals surface area (Å²) < 4.78 is 46.5. The van der Waals surface area contributed by atoms with Crippen LogP contribution in [0.3, 0.4) is 0 Å². The van der Waals surface area contributed by atoms with Crippen LogP contribution in [0.1, 0.15) is 41.3 Å². The number of halogens is 3. The molecule has 0 aliphatic heterocycles. The Balaban J connectivity index is 1.64. The Morgan fingerprint density at radius 3 is 2.31 bits per heavy atom. The molecule has 0 bridgehead atoms. The van der Waals surface area contributed by atoms with E-state index in [1.54, 1.807) is 30.3 Å². The lowest BCUT2D eigenvalue weighted by Crippen LogP contribution is -2.28. The van der Waals surface area contributed by atoms with Crippen molar-refractivity contribution < 1.29 is 27.5 Å². The summed E-state index contributed by atoms with van der Waals surface area (Å²) in [5.41, 5.74) is 6.84. The maximum atomic E-state index is 13.5. The van der Waals surface area contributed by atoms with E-state index in [-0.39, 0.29) is 24.2 Å². The second-order valence-electron chi connectivity index (χ2n) is 8.58. The lowest BCUT2D eigenvalue weighted by atomic mass is 9.84. The Hall–Kier alpha value is -3.81. The molecule has 0 aliphatic rings. The van der Waals surface area contributed by atoms with E-state index in [4.69, 9.17) is 10.2 Å². The fourth-order valence-electron chi connectivity index (χ4n) is 4.34. The molecule has 4 rings (SSSR count). The van der Waals surface area contributed by atoms with E-state index >= 15 is 0 Å². The predicted octanol–water partition coefficient (Wildman–Crippen LogP) is 6.00. The van der Waals surface area contributed by atoms with Gasteiger partial charge in [-0.1, -0.05) is 48.5 Å². The third-order valence-corrected chi connectivity index (χ3v) is 6.17. The number of carbonyl (C=O) groups is 1. The van der Waals surface area contributed by atoms with Gasteiger partial charge in [0.25, 0.3) is 0 Å². The number of carbonyl (C=O) groups excluding carboxylic acids is 1. The van der Waals surface area contributed by atoms with E-state index in [0.29, 0.717) is 35.4 Å². The van der Waals surface area contributed by atoms with Gasteiger partial charge in [-0.15, -0.1) is 0 Å². The highest BCUT2D eigenvalue weighted by atomic mass is 19.4. The number of phenols is 1. The molecule has 0 aliphatic carbocycles. The van der Waals surface area contributed by atoms with Crippen molar-refractivity contribution in [1.82, 2.24) is 4.98 Å². The molecule has 5 nitrogen and oxygen atoms in total. The van der Waals surface area contributed by atoms with Gasteiger partial charge < -0.3 is 15.3 Å². The molecule has 35 heavy (non-hydrogen) atoms. The normalized spacial score (nSPS) is 13.6. The van der Waals surface area contributed by atoms with Gasteiger partial charge >= 0.3 is 6.18 Å². The van der Waals surface area contributed by atoms with Crippen LogP contribution >= 0.6 is 0 Å². The van der Waals surface area contributed by atoms with Crippen LogP contribution in [-0.2, 0) is 23.8 Å². The van der Waals surface area contributed by atoms with Gasteiger partial charge in [0.2, 0.25) is 5.91 Å². The highest BCUT2D eigenvalue weighted by Gasteiger charge is 2.34. The van der Waals surface area contributed by atoms with E-state index in [2.05, 4.69) is 4.98 Å². The monoisotopic (exact) mass is 482 g/mol. The number of benzene rings is 3. The summed E-state index contributed by atoms with van der Waals surface area (Å²) in [7, 11) is 0. The Morgan fingerprint density at radius 2 is 1.63 bits per heavy atom. The summed E-state index contributed by atoms with van der Waals surface area (Å²) in [5, 5.41) is 10.2. The Bertz CT molecular complexity index is 1280. The number of primary amides is 1. The van der Waals surface area contributed by atoms with Gasteiger partial charge in [-0.25, -0.2) is 4.98 Å².